The first-order chi connectivity index (χ1) is 9.65. The Morgan fingerprint density at radius 1 is 1.25 bits per heavy atom. The third-order valence-corrected chi connectivity index (χ3v) is 4.01. The van der Waals surface area contributed by atoms with Crippen molar-refractivity contribution in [3.8, 4) is 0 Å². The minimum atomic E-state index is -0.816. The summed E-state index contributed by atoms with van der Waals surface area (Å²) in [6.45, 7) is 0.571. The number of halogens is 1. The van der Waals surface area contributed by atoms with E-state index < -0.39 is 12.0 Å². The molecule has 2 heterocycles. The Kier molecular flexibility index (Phi) is 3.44. The second kappa shape index (κ2) is 5.25. The Bertz CT molecular complexity index is 643. The van der Waals surface area contributed by atoms with E-state index in [0.29, 0.717) is 18.8 Å². The van der Waals surface area contributed by atoms with Gasteiger partial charge in [-0.15, -0.1) is 0 Å². The fourth-order valence-corrected chi connectivity index (χ4v) is 2.76. The van der Waals surface area contributed by atoms with Crippen LogP contribution in [0.1, 0.15) is 11.1 Å². The number of pyridine rings is 1. The third-order valence-electron chi connectivity index (χ3n) is 3.54. The van der Waals surface area contributed by atoms with E-state index in [1.807, 2.05) is 41.3 Å². The number of carbonyl (C=O) groups is 1. The summed E-state index contributed by atoms with van der Waals surface area (Å²) in [5.41, 5.74) is 2.27. The number of aliphatic carboxylic acids is 1. The lowest BCUT2D eigenvalue weighted by molar-refractivity contribution is -0.138. The average Bonchev–Trinajstić information content (AvgIpc) is 2.46. The number of nitrogens with zero attached hydrogens (tertiary/aromatic N) is 2. The van der Waals surface area contributed by atoms with Crippen molar-refractivity contribution in [1.29, 1.82) is 0 Å². The molecule has 1 aromatic carbocycles. The van der Waals surface area contributed by atoms with Gasteiger partial charge in [0, 0.05) is 23.6 Å². The predicted molar refractivity (Wildman–Crippen MR) is 79.7 cm³/mol. The quantitative estimate of drug-likeness (QED) is 0.918. The Hall–Kier alpha value is -1.88. The van der Waals surface area contributed by atoms with Crippen LogP contribution in [0.4, 0.5) is 5.82 Å². The Morgan fingerprint density at radius 3 is 2.65 bits per heavy atom. The van der Waals surface area contributed by atoms with Gasteiger partial charge in [-0.25, -0.2) is 9.78 Å². The summed E-state index contributed by atoms with van der Waals surface area (Å²) < 4.78 is 0.880. The average molecular weight is 333 g/mol. The Labute approximate surface area is 125 Å². The topological polar surface area (TPSA) is 53.4 Å². The van der Waals surface area contributed by atoms with Crippen molar-refractivity contribution in [3.05, 3.63) is 58.2 Å². The molecular weight excluding hydrogens is 320 g/mol. The van der Waals surface area contributed by atoms with Gasteiger partial charge < -0.3 is 10.0 Å². The van der Waals surface area contributed by atoms with Crippen molar-refractivity contribution in [3.63, 3.8) is 0 Å². The van der Waals surface area contributed by atoms with Crippen LogP contribution in [0.3, 0.4) is 0 Å². The van der Waals surface area contributed by atoms with Crippen LogP contribution >= 0.6 is 15.9 Å². The van der Waals surface area contributed by atoms with Crippen LogP contribution in [0.15, 0.2) is 47.1 Å². The van der Waals surface area contributed by atoms with Gasteiger partial charge in [-0.05, 0) is 39.2 Å². The van der Waals surface area contributed by atoms with Gasteiger partial charge in [0.1, 0.15) is 11.9 Å². The molecule has 0 bridgehead atoms. The molecule has 0 amide bonds. The second-order valence-electron chi connectivity index (χ2n) is 4.79. The SMILES string of the molecule is O=C(O)C1Cc2ccccc2CN1c1ccc(Br)cn1. The molecule has 5 heteroatoms. The third kappa shape index (κ3) is 2.41. The zero-order valence-corrected chi connectivity index (χ0v) is 12.2. The van der Waals surface area contributed by atoms with Gasteiger partial charge >= 0.3 is 5.97 Å². The fourth-order valence-electron chi connectivity index (χ4n) is 2.52. The number of rotatable bonds is 2. The summed E-state index contributed by atoms with van der Waals surface area (Å²) in [5.74, 6) is -0.126. The Balaban J connectivity index is 2.00. The highest BCUT2D eigenvalue weighted by Gasteiger charge is 2.31. The van der Waals surface area contributed by atoms with Crippen molar-refractivity contribution in [2.24, 2.45) is 0 Å². The maximum atomic E-state index is 11.5. The number of aromatic nitrogens is 1. The van der Waals surface area contributed by atoms with Crippen LogP contribution < -0.4 is 4.90 Å². The minimum Gasteiger partial charge on any atom is -0.480 e. The van der Waals surface area contributed by atoms with Crippen molar-refractivity contribution in [2.45, 2.75) is 19.0 Å². The van der Waals surface area contributed by atoms with Crippen LogP contribution in [0.25, 0.3) is 0 Å². The van der Waals surface area contributed by atoms with Crippen molar-refractivity contribution in [1.82, 2.24) is 4.98 Å². The van der Waals surface area contributed by atoms with Gasteiger partial charge in [0.05, 0.1) is 0 Å². The molecule has 1 N–H and O–H groups in total. The molecule has 102 valence electrons. The second-order valence-corrected chi connectivity index (χ2v) is 5.71. The lowest BCUT2D eigenvalue weighted by atomic mass is 9.94. The van der Waals surface area contributed by atoms with Crippen LogP contribution in [0, 0.1) is 0 Å². The highest BCUT2D eigenvalue weighted by molar-refractivity contribution is 9.10. The lowest BCUT2D eigenvalue weighted by Crippen LogP contribution is -2.46. The van der Waals surface area contributed by atoms with Gasteiger partial charge in [-0.1, -0.05) is 24.3 Å². The van der Waals surface area contributed by atoms with Gasteiger partial charge in [0.2, 0.25) is 0 Å². The minimum absolute atomic E-state index is 0.503. The zero-order chi connectivity index (χ0) is 14.1. The number of carboxylic acid groups (broad SMARTS) is 1. The molecule has 1 atom stereocenters. The summed E-state index contributed by atoms with van der Waals surface area (Å²) >= 11 is 3.34. The van der Waals surface area contributed by atoms with Crippen molar-refractivity contribution < 1.29 is 9.90 Å². The molecule has 0 radical (unpaired) electrons. The number of anilines is 1. The Morgan fingerprint density at radius 2 is 2.00 bits per heavy atom. The molecular formula is C15H13BrN2O2. The number of fused-ring (bicyclic) bond motifs is 1. The van der Waals surface area contributed by atoms with E-state index in [-0.39, 0.29) is 0 Å². The molecule has 1 aliphatic rings. The zero-order valence-electron chi connectivity index (χ0n) is 10.7. The maximum absolute atomic E-state index is 11.5. The monoisotopic (exact) mass is 332 g/mol. The fraction of sp³-hybridized carbons (Fsp3) is 0.200. The first kappa shape index (κ1) is 13.1. The molecule has 20 heavy (non-hydrogen) atoms. The van der Waals surface area contributed by atoms with Crippen LogP contribution in [-0.2, 0) is 17.8 Å². The summed E-state index contributed by atoms with van der Waals surface area (Å²) in [6, 6.07) is 11.1. The molecule has 2 aromatic rings. The van der Waals surface area contributed by atoms with Crippen LogP contribution in [0.2, 0.25) is 0 Å². The highest BCUT2D eigenvalue weighted by Crippen LogP contribution is 2.28. The molecule has 1 aromatic heterocycles. The molecule has 0 fully saturated rings. The van der Waals surface area contributed by atoms with E-state index in [2.05, 4.69) is 20.9 Å². The molecule has 0 saturated carbocycles. The summed E-state index contributed by atoms with van der Waals surface area (Å²) in [4.78, 5) is 17.7. The van der Waals surface area contributed by atoms with E-state index in [4.69, 9.17) is 0 Å². The smallest absolute Gasteiger partial charge is 0.326 e. The molecule has 1 unspecified atom stereocenters. The summed E-state index contributed by atoms with van der Waals surface area (Å²) in [7, 11) is 0. The van der Waals surface area contributed by atoms with Crippen LogP contribution in [-0.4, -0.2) is 22.1 Å². The van der Waals surface area contributed by atoms with E-state index in [9.17, 15) is 9.90 Å². The molecule has 0 aliphatic carbocycles. The van der Waals surface area contributed by atoms with E-state index in [1.54, 1.807) is 6.20 Å². The van der Waals surface area contributed by atoms with Crippen molar-refractivity contribution >= 4 is 27.7 Å². The summed E-state index contributed by atoms with van der Waals surface area (Å²) in [6.07, 6.45) is 2.19. The molecule has 4 nitrogen and oxygen atoms in total. The van der Waals surface area contributed by atoms with E-state index in [1.165, 1.54) is 0 Å². The van der Waals surface area contributed by atoms with Crippen molar-refractivity contribution in [2.75, 3.05) is 4.90 Å². The summed E-state index contributed by atoms with van der Waals surface area (Å²) in [5, 5.41) is 9.47. The molecule has 0 saturated heterocycles. The van der Waals surface area contributed by atoms with E-state index >= 15 is 0 Å². The van der Waals surface area contributed by atoms with Gasteiger partial charge in [0.25, 0.3) is 0 Å². The van der Waals surface area contributed by atoms with Gasteiger partial charge in [0.15, 0.2) is 0 Å². The maximum Gasteiger partial charge on any atom is 0.326 e. The standard InChI is InChI=1S/C15H13BrN2O2/c16-12-5-6-14(17-8-12)18-9-11-4-2-1-3-10(11)7-13(18)15(19)20/h1-6,8,13H,7,9H2,(H,19,20). The predicted octanol–water partition coefficient (Wildman–Crippen LogP) is 2.86. The van der Waals surface area contributed by atoms with Crippen LogP contribution in [0.5, 0.6) is 0 Å². The van der Waals surface area contributed by atoms with Gasteiger partial charge in [-0.3, -0.25) is 0 Å². The highest BCUT2D eigenvalue weighted by atomic mass is 79.9. The lowest BCUT2D eigenvalue weighted by Gasteiger charge is -2.35. The molecule has 3 rings (SSSR count). The number of carboxylic acids is 1. The first-order valence-electron chi connectivity index (χ1n) is 6.33. The number of hydrogen-bond donors (Lipinski definition) is 1. The van der Waals surface area contributed by atoms with E-state index in [0.717, 1.165) is 15.6 Å². The molecule has 0 spiro atoms. The first-order valence-corrected chi connectivity index (χ1v) is 7.12. The number of benzene rings is 1. The molecule has 1 aliphatic heterocycles. The largest absolute Gasteiger partial charge is 0.480 e. The normalized spacial score (nSPS) is 17.6. The number of hydrogen-bond acceptors (Lipinski definition) is 3. The van der Waals surface area contributed by atoms with Gasteiger partial charge in [-0.2, -0.15) is 0 Å².